The number of nitrogens with zero attached hydrogens (tertiary/aromatic N) is 3. The van der Waals surface area contributed by atoms with E-state index in [2.05, 4.69) is 22.9 Å². The standard InChI is InChI=1S/C21H28N4O/c1-2-24(21(26)19-8-6-17(15-22)7-9-19)16-18-10-13-25(14-11-18)20-5-3-4-12-23-20/h3-9,12,18H,2,10-11,13-16,22H2,1H3. The predicted octanol–water partition coefficient (Wildman–Crippen LogP) is 2.92. The zero-order valence-electron chi connectivity index (χ0n) is 15.5. The molecule has 0 atom stereocenters. The van der Waals surface area contributed by atoms with Gasteiger partial charge in [0.25, 0.3) is 5.91 Å². The van der Waals surface area contributed by atoms with Crippen molar-refractivity contribution in [3.63, 3.8) is 0 Å². The van der Waals surface area contributed by atoms with Gasteiger partial charge in [-0.05, 0) is 55.5 Å². The van der Waals surface area contributed by atoms with Crippen molar-refractivity contribution in [1.82, 2.24) is 9.88 Å². The number of piperidine rings is 1. The summed E-state index contributed by atoms with van der Waals surface area (Å²) in [6.07, 6.45) is 4.02. The summed E-state index contributed by atoms with van der Waals surface area (Å²) in [7, 11) is 0. The zero-order valence-corrected chi connectivity index (χ0v) is 15.5. The van der Waals surface area contributed by atoms with Gasteiger partial charge in [0.1, 0.15) is 5.82 Å². The smallest absolute Gasteiger partial charge is 0.253 e. The molecule has 2 heterocycles. The Morgan fingerprint density at radius 3 is 2.50 bits per heavy atom. The van der Waals surface area contributed by atoms with Crippen LogP contribution in [0.25, 0.3) is 0 Å². The topological polar surface area (TPSA) is 62.5 Å². The first-order valence-electron chi connectivity index (χ1n) is 9.45. The van der Waals surface area contributed by atoms with E-state index in [0.717, 1.165) is 56.0 Å². The highest BCUT2D eigenvalue weighted by atomic mass is 16.2. The molecule has 0 saturated carbocycles. The van der Waals surface area contributed by atoms with Crippen LogP contribution in [0.5, 0.6) is 0 Å². The van der Waals surface area contributed by atoms with Crippen LogP contribution in [0.3, 0.4) is 0 Å². The molecule has 1 amide bonds. The molecule has 1 aromatic carbocycles. The van der Waals surface area contributed by atoms with Crippen LogP contribution in [0, 0.1) is 5.92 Å². The maximum atomic E-state index is 12.8. The van der Waals surface area contributed by atoms with Crippen LogP contribution >= 0.6 is 0 Å². The van der Waals surface area contributed by atoms with Crippen LogP contribution in [-0.4, -0.2) is 42.0 Å². The second-order valence-corrected chi connectivity index (χ2v) is 6.86. The van der Waals surface area contributed by atoms with E-state index < -0.39 is 0 Å². The maximum Gasteiger partial charge on any atom is 0.253 e. The number of carbonyl (C=O) groups excluding carboxylic acids is 1. The quantitative estimate of drug-likeness (QED) is 0.868. The second kappa shape index (κ2) is 8.81. The van der Waals surface area contributed by atoms with Gasteiger partial charge in [-0.3, -0.25) is 4.79 Å². The third-order valence-electron chi connectivity index (χ3n) is 5.17. The summed E-state index contributed by atoms with van der Waals surface area (Å²) < 4.78 is 0. The summed E-state index contributed by atoms with van der Waals surface area (Å²) >= 11 is 0. The number of hydrogen-bond donors (Lipinski definition) is 1. The minimum absolute atomic E-state index is 0.114. The molecular formula is C21H28N4O. The molecule has 0 unspecified atom stereocenters. The van der Waals surface area contributed by atoms with E-state index in [4.69, 9.17) is 5.73 Å². The number of anilines is 1. The van der Waals surface area contributed by atoms with E-state index >= 15 is 0 Å². The lowest BCUT2D eigenvalue weighted by Gasteiger charge is -2.35. The molecule has 0 spiro atoms. The lowest BCUT2D eigenvalue weighted by molar-refractivity contribution is 0.0729. The number of nitrogens with two attached hydrogens (primary N) is 1. The Balaban J connectivity index is 1.56. The molecule has 1 aliphatic heterocycles. The molecule has 26 heavy (non-hydrogen) atoms. The summed E-state index contributed by atoms with van der Waals surface area (Å²) in [6.45, 7) is 6.11. The molecule has 1 aliphatic rings. The van der Waals surface area contributed by atoms with Gasteiger partial charge in [-0.15, -0.1) is 0 Å². The van der Waals surface area contributed by atoms with E-state index in [1.165, 1.54) is 0 Å². The number of rotatable bonds is 6. The van der Waals surface area contributed by atoms with Gasteiger partial charge < -0.3 is 15.5 Å². The van der Waals surface area contributed by atoms with Crippen molar-refractivity contribution < 1.29 is 4.79 Å². The number of pyridine rings is 1. The van der Waals surface area contributed by atoms with Crippen LogP contribution in [0.4, 0.5) is 5.82 Å². The van der Waals surface area contributed by atoms with E-state index in [1.807, 2.05) is 47.5 Å². The van der Waals surface area contributed by atoms with Gasteiger partial charge in [0.2, 0.25) is 0 Å². The molecule has 0 aliphatic carbocycles. The highest BCUT2D eigenvalue weighted by Crippen LogP contribution is 2.23. The zero-order chi connectivity index (χ0) is 18.4. The van der Waals surface area contributed by atoms with Crippen molar-refractivity contribution in [3.05, 3.63) is 59.8 Å². The van der Waals surface area contributed by atoms with Crippen molar-refractivity contribution in [1.29, 1.82) is 0 Å². The predicted molar refractivity (Wildman–Crippen MR) is 105 cm³/mol. The van der Waals surface area contributed by atoms with Gasteiger partial charge in [-0.25, -0.2) is 4.98 Å². The SMILES string of the molecule is CCN(CC1CCN(c2ccccn2)CC1)C(=O)c1ccc(CN)cc1. The number of amides is 1. The molecule has 138 valence electrons. The van der Waals surface area contributed by atoms with E-state index in [9.17, 15) is 4.79 Å². The fraction of sp³-hybridized carbons (Fsp3) is 0.429. The Labute approximate surface area is 155 Å². The average molecular weight is 352 g/mol. The summed E-state index contributed by atoms with van der Waals surface area (Å²) in [5.74, 6) is 1.71. The number of hydrogen-bond acceptors (Lipinski definition) is 4. The molecule has 0 radical (unpaired) electrons. The Kier molecular flexibility index (Phi) is 6.23. The van der Waals surface area contributed by atoms with Gasteiger partial charge >= 0.3 is 0 Å². The van der Waals surface area contributed by atoms with Crippen LogP contribution in [-0.2, 0) is 6.54 Å². The molecule has 2 N–H and O–H groups in total. The van der Waals surface area contributed by atoms with E-state index in [-0.39, 0.29) is 5.91 Å². The Hall–Kier alpha value is -2.40. The highest BCUT2D eigenvalue weighted by Gasteiger charge is 2.24. The second-order valence-electron chi connectivity index (χ2n) is 6.86. The summed E-state index contributed by atoms with van der Waals surface area (Å²) in [6, 6.07) is 13.7. The van der Waals surface area contributed by atoms with E-state index in [1.54, 1.807) is 0 Å². The molecule has 0 bridgehead atoms. The lowest BCUT2D eigenvalue weighted by Crippen LogP contribution is -2.41. The first kappa shape index (κ1) is 18.4. The average Bonchev–Trinajstić information content (AvgIpc) is 2.72. The minimum Gasteiger partial charge on any atom is -0.357 e. The van der Waals surface area contributed by atoms with Crippen molar-refractivity contribution in [3.8, 4) is 0 Å². The van der Waals surface area contributed by atoms with Gasteiger partial charge in [-0.1, -0.05) is 18.2 Å². The molecule has 3 rings (SSSR count). The van der Waals surface area contributed by atoms with Crippen LogP contribution in [0.15, 0.2) is 48.7 Å². The fourth-order valence-corrected chi connectivity index (χ4v) is 3.52. The first-order chi connectivity index (χ1) is 12.7. The number of aromatic nitrogens is 1. The van der Waals surface area contributed by atoms with E-state index in [0.29, 0.717) is 12.5 Å². The Morgan fingerprint density at radius 1 is 1.19 bits per heavy atom. The third-order valence-corrected chi connectivity index (χ3v) is 5.17. The summed E-state index contributed by atoms with van der Waals surface area (Å²) in [5, 5.41) is 0. The van der Waals surface area contributed by atoms with Crippen molar-refractivity contribution in [2.75, 3.05) is 31.1 Å². The van der Waals surface area contributed by atoms with Gasteiger partial charge in [0.05, 0.1) is 0 Å². The van der Waals surface area contributed by atoms with Crippen molar-refractivity contribution in [2.24, 2.45) is 11.7 Å². The van der Waals surface area contributed by atoms with Crippen LogP contribution in [0.2, 0.25) is 0 Å². The minimum atomic E-state index is 0.114. The number of benzene rings is 1. The normalized spacial score (nSPS) is 15.1. The van der Waals surface area contributed by atoms with Crippen LogP contribution < -0.4 is 10.6 Å². The first-order valence-corrected chi connectivity index (χ1v) is 9.45. The largest absolute Gasteiger partial charge is 0.357 e. The maximum absolute atomic E-state index is 12.8. The molecule has 5 nitrogen and oxygen atoms in total. The van der Waals surface area contributed by atoms with Gasteiger partial charge in [-0.2, -0.15) is 0 Å². The molecule has 2 aromatic rings. The molecule has 1 fully saturated rings. The van der Waals surface area contributed by atoms with Gasteiger partial charge in [0.15, 0.2) is 0 Å². The number of carbonyl (C=O) groups is 1. The summed E-state index contributed by atoms with van der Waals surface area (Å²) in [4.78, 5) is 21.6. The Bertz CT molecular complexity index is 694. The lowest BCUT2D eigenvalue weighted by atomic mass is 9.95. The van der Waals surface area contributed by atoms with Crippen molar-refractivity contribution in [2.45, 2.75) is 26.3 Å². The molecule has 1 saturated heterocycles. The van der Waals surface area contributed by atoms with Gasteiger partial charge in [0, 0.05) is 44.5 Å². The molecular weight excluding hydrogens is 324 g/mol. The Morgan fingerprint density at radius 2 is 1.92 bits per heavy atom. The van der Waals surface area contributed by atoms with Crippen LogP contribution in [0.1, 0.15) is 35.7 Å². The monoisotopic (exact) mass is 352 g/mol. The highest BCUT2D eigenvalue weighted by molar-refractivity contribution is 5.94. The summed E-state index contributed by atoms with van der Waals surface area (Å²) in [5.41, 5.74) is 7.43. The third kappa shape index (κ3) is 4.41. The van der Waals surface area contributed by atoms with Crippen molar-refractivity contribution >= 4 is 11.7 Å². The fourth-order valence-electron chi connectivity index (χ4n) is 3.52. The molecule has 1 aromatic heterocycles. The molecule has 5 heteroatoms.